The zero-order chi connectivity index (χ0) is 21.1. The van der Waals surface area contributed by atoms with E-state index >= 15 is 0 Å². The molecule has 0 radical (unpaired) electrons. The van der Waals surface area contributed by atoms with Crippen molar-refractivity contribution in [3.63, 3.8) is 0 Å². The lowest BCUT2D eigenvalue weighted by molar-refractivity contribution is 0.0925. The summed E-state index contributed by atoms with van der Waals surface area (Å²) in [6, 6.07) is 9.98. The second-order valence-electron chi connectivity index (χ2n) is 6.93. The number of aryl methyl sites for hydroxylation is 1. The van der Waals surface area contributed by atoms with Crippen LogP contribution in [-0.2, 0) is 0 Å². The molecule has 1 heterocycles. The van der Waals surface area contributed by atoms with E-state index in [9.17, 15) is 4.79 Å². The molecular weight excluding hydrogens is 368 g/mol. The van der Waals surface area contributed by atoms with Gasteiger partial charge in [-0.05, 0) is 49.4 Å². The molecule has 0 saturated heterocycles. The van der Waals surface area contributed by atoms with Gasteiger partial charge in [-0.3, -0.25) is 9.79 Å². The van der Waals surface area contributed by atoms with Gasteiger partial charge in [0, 0.05) is 32.2 Å². The molecule has 29 heavy (non-hydrogen) atoms. The van der Waals surface area contributed by atoms with Crippen molar-refractivity contribution < 1.29 is 13.9 Å². The van der Waals surface area contributed by atoms with Crippen LogP contribution in [-0.4, -0.2) is 45.7 Å². The lowest BCUT2D eigenvalue weighted by Crippen LogP contribution is -2.39. The quantitative estimate of drug-likeness (QED) is 0.324. The van der Waals surface area contributed by atoms with Crippen molar-refractivity contribution in [3.8, 4) is 5.75 Å². The summed E-state index contributed by atoms with van der Waals surface area (Å²) in [5.74, 6) is 2.27. The van der Waals surface area contributed by atoms with E-state index in [2.05, 4.69) is 40.0 Å². The normalized spacial score (nSPS) is 12.3. The van der Waals surface area contributed by atoms with E-state index in [0.717, 1.165) is 36.7 Å². The molecular formula is C22H32N4O3. The van der Waals surface area contributed by atoms with Gasteiger partial charge in [-0.2, -0.15) is 0 Å². The first-order valence-corrected chi connectivity index (χ1v) is 9.96. The zero-order valence-electron chi connectivity index (χ0n) is 17.7. The number of benzene rings is 1. The Bertz CT molecular complexity index is 784. The molecule has 0 fully saturated rings. The summed E-state index contributed by atoms with van der Waals surface area (Å²) in [4.78, 5) is 16.2. The number of nitrogens with zero attached hydrogens (tertiary/aromatic N) is 1. The van der Waals surface area contributed by atoms with Crippen LogP contribution in [0.3, 0.4) is 0 Å². The highest BCUT2D eigenvalue weighted by atomic mass is 16.5. The standard InChI is InChI=1S/C22H32N4O3/c1-16(18-6-8-19(28-4)9-7-18)10-14-26-22(23-3)25-13-5-12-24-21(27)20-17(2)11-15-29-20/h6-9,11,15-16H,5,10,12-14H2,1-4H3,(H,24,27)(H2,23,25,26). The summed E-state index contributed by atoms with van der Waals surface area (Å²) < 4.78 is 10.4. The maximum Gasteiger partial charge on any atom is 0.287 e. The first-order valence-electron chi connectivity index (χ1n) is 9.96. The molecule has 1 unspecified atom stereocenters. The van der Waals surface area contributed by atoms with Crippen LogP contribution in [0.5, 0.6) is 5.75 Å². The highest BCUT2D eigenvalue weighted by Crippen LogP contribution is 2.21. The number of hydrogen-bond acceptors (Lipinski definition) is 4. The van der Waals surface area contributed by atoms with Gasteiger partial charge in [0.05, 0.1) is 13.4 Å². The molecule has 0 aliphatic rings. The van der Waals surface area contributed by atoms with Crippen LogP contribution in [0.15, 0.2) is 46.0 Å². The summed E-state index contributed by atoms with van der Waals surface area (Å²) in [6.45, 7) is 6.16. The average molecular weight is 401 g/mol. The minimum Gasteiger partial charge on any atom is -0.497 e. The Kier molecular flexibility index (Phi) is 9.08. The van der Waals surface area contributed by atoms with E-state index in [0.29, 0.717) is 24.8 Å². The van der Waals surface area contributed by atoms with Crippen molar-refractivity contribution in [1.29, 1.82) is 0 Å². The molecule has 3 N–H and O–H groups in total. The largest absolute Gasteiger partial charge is 0.497 e. The maximum absolute atomic E-state index is 12.0. The third kappa shape index (κ3) is 7.18. The zero-order valence-corrected chi connectivity index (χ0v) is 17.7. The molecule has 0 aliphatic carbocycles. The Balaban J connectivity index is 1.61. The predicted octanol–water partition coefficient (Wildman–Crippen LogP) is 3.08. The molecule has 0 spiro atoms. The second-order valence-corrected chi connectivity index (χ2v) is 6.93. The van der Waals surface area contributed by atoms with Crippen LogP contribution < -0.4 is 20.7 Å². The maximum atomic E-state index is 12.0. The highest BCUT2D eigenvalue weighted by Gasteiger charge is 2.11. The van der Waals surface area contributed by atoms with Gasteiger partial charge in [-0.15, -0.1) is 0 Å². The fourth-order valence-corrected chi connectivity index (χ4v) is 2.91. The molecule has 2 aromatic rings. The van der Waals surface area contributed by atoms with Gasteiger partial charge in [0.1, 0.15) is 5.75 Å². The van der Waals surface area contributed by atoms with Gasteiger partial charge in [-0.25, -0.2) is 0 Å². The number of nitrogens with one attached hydrogen (secondary N) is 3. The first-order chi connectivity index (χ1) is 14.0. The Morgan fingerprint density at radius 3 is 2.41 bits per heavy atom. The molecule has 1 aromatic carbocycles. The lowest BCUT2D eigenvalue weighted by atomic mass is 9.98. The number of amides is 1. The lowest BCUT2D eigenvalue weighted by Gasteiger charge is -2.15. The van der Waals surface area contributed by atoms with Crippen molar-refractivity contribution in [1.82, 2.24) is 16.0 Å². The minimum atomic E-state index is -0.178. The topological polar surface area (TPSA) is 87.9 Å². The van der Waals surface area contributed by atoms with E-state index in [1.165, 1.54) is 11.8 Å². The average Bonchev–Trinajstić information content (AvgIpc) is 3.18. The van der Waals surface area contributed by atoms with Crippen LogP contribution in [0.25, 0.3) is 0 Å². The third-order valence-electron chi connectivity index (χ3n) is 4.78. The van der Waals surface area contributed by atoms with Crippen molar-refractivity contribution >= 4 is 11.9 Å². The van der Waals surface area contributed by atoms with Gasteiger partial charge in [-0.1, -0.05) is 19.1 Å². The number of ether oxygens (including phenoxy) is 1. The van der Waals surface area contributed by atoms with Crippen molar-refractivity contribution in [3.05, 3.63) is 53.5 Å². The number of aliphatic imine (C=N–C) groups is 1. The molecule has 1 aromatic heterocycles. The van der Waals surface area contributed by atoms with Gasteiger partial charge >= 0.3 is 0 Å². The van der Waals surface area contributed by atoms with E-state index < -0.39 is 0 Å². The van der Waals surface area contributed by atoms with Crippen LogP contribution in [0.1, 0.15) is 47.4 Å². The van der Waals surface area contributed by atoms with Crippen molar-refractivity contribution in [2.45, 2.75) is 32.6 Å². The predicted molar refractivity (Wildman–Crippen MR) is 116 cm³/mol. The fraction of sp³-hybridized carbons (Fsp3) is 0.455. The number of hydrogen-bond donors (Lipinski definition) is 3. The molecule has 1 atom stereocenters. The van der Waals surface area contributed by atoms with Crippen molar-refractivity contribution in [2.24, 2.45) is 4.99 Å². The SMILES string of the molecule is CN=C(NCCCNC(=O)c1occc1C)NCCC(C)c1ccc(OC)cc1. The van der Waals surface area contributed by atoms with E-state index in [1.54, 1.807) is 20.2 Å². The summed E-state index contributed by atoms with van der Waals surface area (Å²) in [5, 5.41) is 9.46. The smallest absolute Gasteiger partial charge is 0.287 e. The Hall–Kier alpha value is -2.96. The number of methoxy groups -OCH3 is 1. The third-order valence-corrected chi connectivity index (χ3v) is 4.78. The van der Waals surface area contributed by atoms with Crippen molar-refractivity contribution in [2.75, 3.05) is 33.8 Å². The molecule has 1 amide bonds. The number of guanidine groups is 1. The summed E-state index contributed by atoms with van der Waals surface area (Å²) in [6.07, 6.45) is 3.30. The molecule has 0 aliphatic heterocycles. The van der Waals surface area contributed by atoms with Gasteiger partial charge in [0.25, 0.3) is 5.91 Å². The summed E-state index contributed by atoms with van der Waals surface area (Å²) in [7, 11) is 3.43. The molecule has 7 heteroatoms. The fourth-order valence-electron chi connectivity index (χ4n) is 2.91. The number of rotatable bonds is 10. The van der Waals surface area contributed by atoms with E-state index in [-0.39, 0.29) is 5.91 Å². The Morgan fingerprint density at radius 1 is 1.10 bits per heavy atom. The first kappa shape index (κ1) is 22.3. The van der Waals surface area contributed by atoms with E-state index in [1.807, 2.05) is 19.1 Å². The Morgan fingerprint density at radius 2 is 1.79 bits per heavy atom. The summed E-state index contributed by atoms with van der Waals surface area (Å²) >= 11 is 0. The summed E-state index contributed by atoms with van der Waals surface area (Å²) in [5.41, 5.74) is 2.13. The van der Waals surface area contributed by atoms with Crippen LogP contribution in [0.4, 0.5) is 0 Å². The monoisotopic (exact) mass is 400 g/mol. The van der Waals surface area contributed by atoms with Crippen LogP contribution in [0, 0.1) is 6.92 Å². The number of carbonyl (C=O) groups is 1. The number of furan rings is 1. The van der Waals surface area contributed by atoms with Gasteiger partial charge in [0.15, 0.2) is 11.7 Å². The Labute approximate surface area is 172 Å². The van der Waals surface area contributed by atoms with Crippen LogP contribution >= 0.6 is 0 Å². The molecule has 0 bridgehead atoms. The van der Waals surface area contributed by atoms with Gasteiger partial charge < -0.3 is 25.1 Å². The highest BCUT2D eigenvalue weighted by molar-refractivity contribution is 5.92. The molecule has 158 valence electrons. The van der Waals surface area contributed by atoms with Gasteiger partial charge in [0.2, 0.25) is 0 Å². The second kappa shape index (κ2) is 11.8. The molecule has 2 rings (SSSR count). The number of carbonyl (C=O) groups excluding carboxylic acids is 1. The molecule has 7 nitrogen and oxygen atoms in total. The van der Waals surface area contributed by atoms with E-state index in [4.69, 9.17) is 9.15 Å². The minimum absolute atomic E-state index is 0.178. The molecule has 0 saturated carbocycles. The van der Waals surface area contributed by atoms with Crippen LogP contribution in [0.2, 0.25) is 0 Å².